The van der Waals surface area contributed by atoms with E-state index in [4.69, 9.17) is 14.2 Å². The normalized spacial score (nSPS) is 26.9. The Bertz CT molecular complexity index is 314. The summed E-state index contributed by atoms with van der Waals surface area (Å²) in [5, 5.41) is 0. The quantitative estimate of drug-likeness (QED) is 0.573. The van der Waals surface area contributed by atoms with Crippen LogP contribution in [0.1, 0.15) is 41.0 Å². The SMILES string of the molecule is C=CC[C@@H]1OC(C)(C)O[C@H]1COC(=O)C(C)(C)C. The van der Waals surface area contributed by atoms with Crippen molar-refractivity contribution in [2.45, 2.75) is 59.0 Å². The fraction of sp³-hybridized carbons (Fsp3) is 0.786. The molecule has 0 N–H and O–H groups in total. The van der Waals surface area contributed by atoms with Gasteiger partial charge in [-0.1, -0.05) is 6.08 Å². The number of esters is 1. The van der Waals surface area contributed by atoms with E-state index in [0.717, 1.165) is 0 Å². The topological polar surface area (TPSA) is 44.8 Å². The van der Waals surface area contributed by atoms with Crippen LogP contribution in [0.5, 0.6) is 0 Å². The van der Waals surface area contributed by atoms with Crippen LogP contribution in [-0.2, 0) is 19.0 Å². The molecule has 0 spiro atoms. The number of hydrogen-bond donors (Lipinski definition) is 0. The standard InChI is InChI=1S/C14H24O4/c1-7-8-10-11(18-14(5,6)17-10)9-16-12(15)13(2,3)4/h7,10-11H,1,8-9H2,2-6H3/t10-,11-/m0/s1. The minimum atomic E-state index is -0.632. The summed E-state index contributed by atoms with van der Waals surface area (Å²) in [6, 6.07) is 0. The van der Waals surface area contributed by atoms with E-state index < -0.39 is 11.2 Å². The minimum Gasteiger partial charge on any atom is -0.462 e. The van der Waals surface area contributed by atoms with Gasteiger partial charge in [0.15, 0.2) is 5.79 Å². The van der Waals surface area contributed by atoms with Crippen LogP contribution in [0, 0.1) is 5.41 Å². The maximum atomic E-state index is 11.7. The molecule has 18 heavy (non-hydrogen) atoms. The molecule has 1 saturated heterocycles. The molecule has 1 rings (SSSR count). The van der Waals surface area contributed by atoms with E-state index in [1.54, 1.807) is 6.08 Å². The molecule has 0 aromatic rings. The first-order valence-electron chi connectivity index (χ1n) is 6.29. The molecule has 1 aliphatic rings. The van der Waals surface area contributed by atoms with Crippen molar-refractivity contribution in [3.8, 4) is 0 Å². The van der Waals surface area contributed by atoms with Crippen LogP contribution in [0.2, 0.25) is 0 Å². The molecule has 0 radical (unpaired) electrons. The third kappa shape index (κ3) is 4.10. The molecule has 4 nitrogen and oxygen atoms in total. The van der Waals surface area contributed by atoms with Crippen LogP contribution < -0.4 is 0 Å². The Kier molecular flexibility index (Phi) is 4.56. The van der Waals surface area contributed by atoms with Crippen LogP contribution in [0.15, 0.2) is 12.7 Å². The molecule has 0 unspecified atom stereocenters. The highest BCUT2D eigenvalue weighted by Gasteiger charge is 2.41. The van der Waals surface area contributed by atoms with Gasteiger partial charge in [0.2, 0.25) is 0 Å². The summed E-state index contributed by atoms with van der Waals surface area (Å²) in [5.41, 5.74) is -0.497. The summed E-state index contributed by atoms with van der Waals surface area (Å²) >= 11 is 0. The first-order valence-corrected chi connectivity index (χ1v) is 6.29. The maximum absolute atomic E-state index is 11.7. The zero-order valence-corrected chi connectivity index (χ0v) is 12.0. The smallest absolute Gasteiger partial charge is 0.311 e. The number of carbonyl (C=O) groups is 1. The van der Waals surface area contributed by atoms with Crippen molar-refractivity contribution < 1.29 is 19.0 Å². The molecular formula is C14H24O4. The second-order valence-electron chi connectivity index (χ2n) is 6.09. The Balaban J connectivity index is 2.55. The predicted octanol–water partition coefficient (Wildman–Crippen LogP) is 2.67. The lowest BCUT2D eigenvalue weighted by molar-refractivity contribution is -0.165. The highest BCUT2D eigenvalue weighted by atomic mass is 16.8. The van der Waals surface area contributed by atoms with E-state index in [1.807, 2.05) is 34.6 Å². The van der Waals surface area contributed by atoms with Gasteiger partial charge in [-0.3, -0.25) is 4.79 Å². The summed E-state index contributed by atoms with van der Waals surface area (Å²) in [7, 11) is 0. The van der Waals surface area contributed by atoms with E-state index in [9.17, 15) is 4.79 Å². The fourth-order valence-corrected chi connectivity index (χ4v) is 1.79. The van der Waals surface area contributed by atoms with E-state index >= 15 is 0 Å². The molecule has 0 saturated carbocycles. The third-order valence-corrected chi connectivity index (χ3v) is 2.68. The molecule has 2 atom stereocenters. The Morgan fingerprint density at radius 2 is 1.89 bits per heavy atom. The maximum Gasteiger partial charge on any atom is 0.311 e. The van der Waals surface area contributed by atoms with E-state index in [2.05, 4.69) is 6.58 Å². The van der Waals surface area contributed by atoms with Gasteiger partial charge in [0.25, 0.3) is 0 Å². The monoisotopic (exact) mass is 256 g/mol. The van der Waals surface area contributed by atoms with Crippen molar-refractivity contribution in [2.24, 2.45) is 5.41 Å². The number of ether oxygens (including phenoxy) is 3. The number of carbonyl (C=O) groups excluding carboxylic acids is 1. The van der Waals surface area contributed by atoms with Gasteiger partial charge in [0.05, 0.1) is 11.5 Å². The molecule has 0 aliphatic carbocycles. The molecule has 0 aromatic carbocycles. The van der Waals surface area contributed by atoms with Gasteiger partial charge in [-0.2, -0.15) is 0 Å². The van der Waals surface area contributed by atoms with Crippen LogP contribution in [0.4, 0.5) is 0 Å². The van der Waals surface area contributed by atoms with E-state index in [1.165, 1.54) is 0 Å². The number of rotatable bonds is 4. The van der Waals surface area contributed by atoms with E-state index in [-0.39, 0.29) is 24.8 Å². The Morgan fingerprint density at radius 1 is 1.33 bits per heavy atom. The van der Waals surface area contributed by atoms with Gasteiger partial charge >= 0.3 is 5.97 Å². The lowest BCUT2D eigenvalue weighted by Crippen LogP contribution is -2.32. The van der Waals surface area contributed by atoms with Gasteiger partial charge in [-0.05, 0) is 41.0 Å². The zero-order valence-electron chi connectivity index (χ0n) is 12.0. The van der Waals surface area contributed by atoms with Crippen LogP contribution in [-0.4, -0.2) is 30.6 Å². The van der Waals surface area contributed by atoms with Crippen molar-refractivity contribution in [3.05, 3.63) is 12.7 Å². The van der Waals surface area contributed by atoms with Gasteiger partial charge in [-0.15, -0.1) is 6.58 Å². The Labute approximate surface area is 109 Å². The second-order valence-corrected chi connectivity index (χ2v) is 6.09. The average Bonchev–Trinajstić information content (AvgIpc) is 2.49. The van der Waals surface area contributed by atoms with Crippen molar-refractivity contribution in [2.75, 3.05) is 6.61 Å². The van der Waals surface area contributed by atoms with Gasteiger partial charge < -0.3 is 14.2 Å². The molecule has 1 heterocycles. The molecule has 0 amide bonds. The second kappa shape index (κ2) is 5.41. The minimum absolute atomic E-state index is 0.106. The summed E-state index contributed by atoms with van der Waals surface area (Å²) in [5.74, 6) is -0.861. The van der Waals surface area contributed by atoms with Crippen molar-refractivity contribution in [1.82, 2.24) is 0 Å². The van der Waals surface area contributed by atoms with Crippen molar-refractivity contribution >= 4 is 5.97 Å². The summed E-state index contributed by atoms with van der Waals surface area (Å²) in [4.78, 5) is 11.7. The average molecular weight is 256 g/mol. The largest absolute Gasteiger partial charge is 0.462 e. The first kappa shape index (κ1) is 15.2. The number of hydrogen-bond acceptors (Lipinski definition) is 4. The summed E-state index contributed by atoms with van der Waals surface area (Å²) in [6.07, 6.45) is 2.13. The van der Waals surface area contributed by atoms with Crippen molar-refractivity contribution in [3.63, 3.8) is 0 Å². The zero-order chi connectivity index (χ0) is 14.0. The Hall–Kier alpha value is -0.870. The van der Waals surface area contributed by atoms with Gasteiger partial charge in [0.1, 0.15) is 12.7 Å². The van der Waals surface area contributed by atoms with Crippen molar-refractivity contribution in [1.29, 1.82) is 0 Å². The summed E-state index contributed by atoms with van der Waals surface area (Å²) in [6.45, 7) is 13.1. The fourth-order valence-electron chi connectivity index (χ4n) is 1.79. The third-order valence-electron chi connectivity index (χ3n) is 2.68. The van der Waals surface area contributed by atoms with Crippen LogP contribution in [0.25, 0.3) is 0 Å². The first-order chi connectivity index (χ1) is 8.15. The molecule has 0 bridgehead atoms. The molecule has 1 fully saturated rings. The predicted molar refractivity (Wildman–Crippen MR) is 69.1 cm³/mol. The highest BCUT2D eigenvalue weighted by Crippen LogP contribution is 2.30. The highest BCUT2D eigenvalue weighted by molar-refractivity contribution is 5.75. The molecule has 104 valence electrons. The lowest BCUT2D eigenvalue weighted by atomic mass is 9.97. The summed E-state index contributed by atoms with van der Waals surface area (Å²) < 4.78 is 16.7. The van der Waals surface area contributed by atoms with Gasteiger partial charge in [-0.25, -0.2) is 0 Å². The van der Waals surface area contributed by atoms with E-state index in [0.29, 0.717) is 6.42 Å². The van der Waals surface area contributed by atoms with Crippen LogP contribution in [0.3, 0.4) is 0 Å². The molecular weight excluding hydrogens is 232 g/mol. The molecule has 4 heteroatoms. The van der Waals surface area contributed by atoms with Gasteiger partial charge in [0, 0.05) is 0 Å². The Morgan fingerprint density at radius 3 is 2.39 bits per heavy atom. The molecule has 1 aliphatic heterocycles. The molecule has 0 aromatic heterocycles. The van der Waals surface area contributed by atoms with Crippen LogP contribution >= 0.6 is 0 Å². The lowest BCUT2D eigenvalue weighted by Gasteiger charge is -2.20.